The Morgan fingerprint density at radius 3 is 2.41 bits per heavy atom. The van der Waals surface area contributed by atoms with Crippen LogP contribution in [-0.2, 0) is 0 Å². The fourth-order valence-electron chi connectivity index (χ4n) is 2.48. The topological polar surface area (TPSA) is 33.6 Å². The van der Waals surface area contributed by atoms with Gasteiger partial charge in [0.15, 0.2) is 0 Å². The van der Waals surface area contributed by atoms with E-state index in [4.69, 9.17) is 4.74 Å². The lowest BCUT2D eigenvalue weighted by Crippen LogP contribution is -2.33. The van der Waals surface area contributed by atoms with Crippen LogP contribution in [-0.4, -0.2) is 11.3 Å². The Bertz CT molecular complexity index is 671. The van der Waals surface area contributed by atoms with Crippen molar-refractivity contribution < 1.29 is 4.74 Å². The van der Waals surface area contributed by atoms with E-state index in [1.807, 2.05) is 36.4 Å². The van der Waals surface area contributed by atoms with E-state index in [1.165, 1.54) is 5.56 Å². The van der Waals surface area contributed by atoms with Gasteiger partial charge in [-0.1, -0.05) is 42.5 Å². The standard InChI is InChI=1S/C19H22N2O/c1-19(2,3)21-20-16-13-18(14-9-5-4-6-10-14)22-17-12-8-7-11-15(16)17/h4-12,18,21H,13H2,1-3H3. The first-order chi connectivity index (χ1) is 10.5. The third-order valence-electron chi connectivity index (χ3n) is 3.54. The average Bonchev–Trinajstić information content (AvgIpc) is 2.52. The molecule has 0 aliphatic carbocycles. The fourth-order valence-corrected chi connectivity index (χ4v) is 2.48. The third-order valence-corrected chi connectivity index (χ3v) is 3.54. The number of nitrogens with zero attached hydrogens (tertiary/aromatic N) is 1. The first kappa shape index (κ1) is 14.6. The molecule has 0 fully saturated rings. The van der Waals surface area contributed by atoms with Crippen LogP contribution in [0.25, 0.3) is 0 Å². The number of fused-ring (bicyclic) bond motifs is 1. The number of hydrogen-bond donors (Lipinski definition) is 1. The Morgan fingerprint density at radius 2 is 1.68 bits per heavy atom. The second-order valence-corrected chi connectivity index (χ2v) is 6.64. The molecule has 0 saturated carbocycles. The summed E-state index contributed by atoms with van der Waals surface area (Å²) < 4.78 is 6.17. The Kier molecular flexibility index (Phi) is 3.88. The van der Waals surface area contributed by atoms with Gasteiger partial charge in [-0.05, 0) is 38.5 Å². The second-order valence-electron chi connectivity index (χ2n) is 6.64. The van der Waals surface area contributed by atoms with Crippen LogP contribution in [0.15, 0.2) is 59.7 Å². The zero-order valence-electron chi connectivity index (χ0n) is 13.3. The Balaban J connectivity index is 1.95. The molecule has 1 aliphatic heterocycles. The highest BCUT2D eigenvalue weighted by Crippen LogP contribution is 2.34. The van der Waals surface area contributed by atoms with Crippen LogP contribution in [0.4, 0.5) is 0 Å². The predicted molar refractivity (Wildman–Crippen MR) is 90.3 cm³/mol. The van der Waals surface area contributed by atoms with E-state index in [-0.39, 0.29) is 11.6 Å². The molecule has 0 spiro atoms. The lowest BCUT2D eigenvalue weighted by atomic mass is 9.95. The van der Waals surface area contributed by atoms with Gasteiger partial charge in [-0.25, -0.2) is 0 Å². The van der Waals surface area contributed by atoms with Gasteiger partial charge in [-0.15, -0.1) is 0 Å². The summed E-state index contributed by atoms with van der Waals surface area (Å²) >= 11 is 0. The van der Waals surface area contributed by atoms with Crippen LogP contribution in [0, 0.1) is 0 Å². The minimum Gasteiger partial charge on any atom is -0.485 e. The summed E-state index contributed by atoms with van der Waals surface area (Å²) in [6.45, 7) is 6.32. The molecule has 0 radical (unpaired) electrons. The van der Waals surface area contributed by atoms with Crippen LogP contribution in [0.1, 0.15) is 44.4 Å². The van der Waals surface area contributed by atoms with Gasteiger partial charge in [0.05, 0.1) is 5.71 Å². The Hall–Kier alpha value is -2.29. The Morgan fingerprint density at radius 1 is 1.00 bits per heavy atom. The lowest BCUT2D eigenvalue weighted by molar-refractivity contribution is 0.206. The molecular formula is C19H22N2O. The van der Waals surface area contributed by atoms with E-state index in [2.05, 4.69) is 49.5 Å². The molecular weight excluding hydrogens is 272 g/mol. The van der Waals surface area contributed by atoms with Gasteiger partial charge >= 0.3 is 0 Å². The van der Waals surface area contributed by atoms with Crippen LogP contribution in [0.3, 0.4) is 0 Å². The van der Waals surface area contributed by atoms with E-state index >= 15 is 0 Å². The van der Waals surface area contributed by atoms with Crippen molar-refractivity contribution in [3.63, 3.8) is 0 Å². The van der Waals surface area contributed by atoms with E-state index in [9.17, 15) is 0 Å². The van der Waals surface area contributed by atoms with Crippen molar-refractivity contribution in [2.24, 2.45) is 5.10 Å². The van der Waals surface area contributed by atoms with Crippen molar-refractivity contribution in [3.05, 3.63) is 65.7 Å². The summed E-state index contributed by atoms with van der Waals surface area (Å²) in [7, 11) is 0. The molecule has 3 heteroatoms. The highest BCUT2D eigenvalue weighted by atomic mass is 16.5. The molecule has 3 nitrogen and oxygen atoms in total. The van der Waals surface area contributed by atoms with Gasteiger partial charge in [0, 0.05) is 17.5 Å². The van der Waals surface area contributed by atoms with Gasteiger partial charge in [0.1, 0.15) is 11.9 Å². The zero-order chi connectivity index (χ0) is 15.6. The van der Waals surface area contributed by atoms with Crippen molar-refractivity contribution in [1.29, 1.82) is 0 Å². The minimum atomic E-state index is -0.0531. The molecule has 1 unspecified atom stereocenters. The summed E-state index contributed by atoms with van der Waals surface area (Å²) in [6, 6.07) is 18.4. The average molecular weight is 294 g/mol. The molecule has 114 valence electrons. The van der Waals surface area contributed by atoms with Gasteiger partial charge in [-0.2, -0.15) is 5.10 Å². The molecule has 1 heterocycles. The highest BCUT2D eigenvalue weighted by Gasteiger charge is 2.26. The van der Waals surface area contributed by atoms with Crippen molar-refractivity contribution in [2.75, 3.05) is 0 Å². The summed E-state index contributed by atoms with van der Waals surface area (Å²) in [6.07, 6.45) is 0.779. The van der Waals surface area contributed by atoms with Crippen molar-refractivity contribution in [1.82, 2.24) is 5.43 Å². The molecule has 0 aromatic heterocycles. The first-order valence-corrected chi connectivity index (χ1v) is 7.68. The smallest absolute Gasteiger partial charge is 0.129 e. The predicted octanol–water partition coefficient (Wildman–Crippen LogP) is 4.30. The summed E-state index contributed by atoms with van der Waals surface area (Å²) in [5.41, 5.74) is 6.49. The molecule has 3 rings (SSSR count). The number of hydrogen-bond acceptors (Lipinski definition) is 3. The van der Waals surface area contributed by atoms with Crippen LogP contribution >= 0.6 is 0 Å². The van der Waals surface area contributed by atoms with Crippen LogP contribution < -0.4 is 10.2 Å². The second kappa shape index (κ2) is 5.84. The first-order valence-electron chi connectivity index (χ1n) is 7.68. The maximum atomic E-state index is 6.17. The number of hydrazone groups is 1. The SMILES string of the molecule is CC(C)(C)NN=C1CC(c2ccccc2)Oc2ccccc21. The van der Waals surface area contributed by atoms with E-state index in [1.54, 1.807) is 0 Å². The summed E-state index contributed by atoms with van der Waals surface area (Å²) in [5.74, 6) is 0.900. The van der Waals surface area contributed by atoms with E-state index in [0.717, 1.165) is 23.4 Å². The maximum absolute atomic E-state index is 6.17. The monoisotopic (exact) mass is 294 g/mol. The fraction of sp³-hybridized carbons (Fsp3) is 0.316. The lowest BCUT2D eigenvalue weighted by Gasteiger charge is -2.28. The number of nitrogens with one attached hydrogen (secondary N) is 1. The largest absolute Gasteiger partial charge is 0.485 e. The van der Waals surface area contributed by atoms with Crippen molar-refractivity contribution in [3.8, 4) is 5.75 Å². The zero-order valence-corrected chi connectivity index (χ0v) is 13.3. The molecule has 0 saturated heterocycles. The van der Waals surface area contributed by atoms with E-state index in [0.29, 0.717) is 0 Å². The molecule has 22 heavy (non-hydrogen) atoms. The molecule has 1 atom stereocenters. The molecule has 1 N–H and O–H groups in total. The Labute approximate surface area is 132 Å². The summed E-state index contributed by atoms with van der Waals surface area (Å²) in [4.78, 5) is 0. The van der Waals surface area contributed by atoms with Crippen molar-refractivity contribution >= 4 is 5.71 Å². The highest BCUT2D eigenvalue weighted by molar-refractivity contribution is 6.04. The van der Waals surface area contributed by atoms with Gasteiger partial charge in [-0.3, -0.25) is 0 Å². The maximum Gasteiger partial charge on any atom is 0.129 e. The van der Waals surface area contributed by atoms with Crippen molar-refractivity contribution in [2.45, 2.75) is 38.8 Å². The molecule has 1 aliphatic rings. The van der Waals surface area contributed by atoms with Crippen LogP contribution in [0.5, 0.6) is 5.75 Å². The molecule has 0 bridgehead atoms. The number of rotatable bonds is 2. The number of para-hydroxylation sites is 1. The minimum absolute atomic E-state index is 0.0108. The normalized spacial score (nSPS) is 19.4. The quantitative estimate of drug-likeness (QED) is 0.838. The molecule has 2 aromatic rings. The van der Waals surface area contributed by atoms with Crippen LogP contribution in [0.2, 0.25) is 0 Å². The number of benzene rings is 2. The molecule has 2 aromatic carbocycles. The third kappa shape index (κ3) is 3.30. The van der Waals surface area contributed by atoms with Gasteiger partial charge in [0.25, 0.3) is 0 Å². The number of ether oxygens (including phenoxy) is 1. The molecule has 0 amide bonds. The van der Waals surface area contributed by atoms with Gasteiger partial charge < -0.3 is 10.2 Å². The van der Waals surface area contributed by atoms with Gasteiger partial charge in [0.2, 0.25) is 0 Å². The summed E-state index contributed by atoms with van der Waals surface area (Å²) in [5, 5.41) is 4.66. The van der Waals surface area contributed by atoms with E-state index < -0.39 is 0 Å².